The van der Waals surface area contributed by atoms with Crippen molar-refractivity contribution in [3.8, 4) is 11.5 Å². The molecule has 194 valence electrons. The van der Waals surface area contributed by atoms with Gasteiger partial charge in [0.25, 0.3) is 0 Å². The van der Waals surface area contributed by atoms with Crippen molar-refractivity contribution >= 4 is 11.6 Å². The minimum Gasteiger partial charge on any atom is -0.497 e. The van der Waals surface area contributed by atoms with Crippen molar-refractivity contribution in [3.05, 3.63) is 53.9 Å². The van der Waals surface area contributed by atoms with Crippen molar-refractivity contribution in [1.82, 2.24) is 4.98 Å². The standard InChI is InChI=1S/C31H41NO4/c1-20-21(10-11-26(33)22-9-7-14-32-19-22)17-27-30(2,3)12-8-13-31(27,4)28(20)29(34)23-15-24(35-5)18-25(16-23)36-6/h7,9,14-16,18-21,27-28H,8,10-13,17H2,1-6H3/t20-,21+,27?,28-,31+/m1/s1. The van der Waals surface area contributed by atoms with Crippen LogP contribution in [-0.2, 0) is 0 Å². The molecule has 5 heteroatoms. The third-order valence-corrected chi connectivity index (χ3v) is 9.44. The summed E-state index contributed by atoms with van der Waals surface area (Å²) in [6.07, 6.45) is 9.06. The van der Waals surface area contributed by atoms with Crippen LogP contribution in [0, 0.1) is 34.5 Å². The molecule has 36 heavy (non-hydrogen) atoms. The van der Waals surface area contributed by atoms with Crippen LogP contribution in [0.15, 0.2) is 42.7 Å². The van der Waals surface area contributed by atoms with Crippen LogP contribution in [0.4, 0.5) is 0 Å². The van der Waals surface area contributed by atoms with E-state index in [2.05, 4.69) is 32.7 Å². The van der Waals surface area contributed by atoms with Gasteiger partial charge in [0, 0.05) is 41.9 Å². The highest BCUT2D eigenvalue weighted by Gasteiger charge is 2.58. The van der Waals surface area contributed by atoms with Gasteiger partial charge in [-0.25, -0.2) is 0 Å². The lowest BCUT2D eigenvalue weighted by Crippen LogP contribution is -2.56. The van der Waals surface area contributed by atoms with E-state index in [1.807, 2.05) is 30.3 Å². The molecule has 2 saturated carbocycles. The average molecular weight is 492 g/mol. The van der Waals surface area contributed by atoms with Crippen molar-refractivity contribution in [2.24, 2.45) is 34.5 Å². The fraction of sp³-hybridized carbons (Fsp3) is 0.581. The zero-order valence-corrected chi connectivity index (χ0v) is 22.7. The molecule has 0 amide bonds. The molecule has 5 nitrogen and oxygen atoms in total. The summed E-state index contributed by atoms with van der Waals surface area (Å²) in [6.45, 7) is 9.34. The summed E-state index contributed by atoms with van der Waals surface area (Å²) < 4.78 is 11.0. The molecule has 1 heterocycles. The molecule has 0 N–H and O–H groups in total. The first-order chi connectivity index (χ1) is 17.1. The maximum atomic E-state index is 14.3. The van der Waals surface area contributed by atoms with E-state index >= 15 is 0 Å². The number of carbonyl (C=O) groups is 2. The SMILES string of the molecule is COc1cc(OC)cc(C(=O)[C@H]2[C@H](C)[C@@H](CCC(=O)c3cccnc3)CC3C(C)(C)CCC[C@@]32C)c1. The first kappa shape index (κ1) is 26.4. The van der Waals surface area contributed by atoms with Crippen LogP contribution < -0.4 is 9.47 Å². The molecule has 0 aliphatic heterocycles. The molecule has 1 unspecified atom stereocenters. The predicted molar refractivity (Wildman–Crippen MR) is 142 cm³/mol. The number of rotatable bonds is 8. The van der Waals surface area contributed by atoms with Crippen LogP contribution >= 0.6 is 0 Å². The number of carbonyl (C=O) groups excluding carboxylic acids is 2. The lowest BCUT2D eigenvalue weighted by atomic mass is 9.43. The molecule has 0 radical (unpaired) electrons. The number of ketones is 2. The summed E-state index contributed by atoms with van der Waals surface area (Å²) in [4.78, 5) is 31.4. The summed E-state index contributed by atoms with van der Waals surface area (Å²) in [6, 6.07) is 9.15. The lowest BCUT2D eigenvalue weighted by Gasteiger charge is -2.60. The fourth-order valence-electron chi connectivity index (χ4n) is 7.55. The molecule has 5 atom stereocenters. The molecule has 2 aliphatic rings. The maximum Gasteiger partial charge on any atom is 0.167 e. The largest absolute Gasteiger partial charge is 0.497 e. The van der Waals surface area contributed by atoms with Gasteiger partial charge in [0.1, 0.15) is 11.5 Å². The zero-order chi connectivity index (χ0) is 26.1. The van der Waals surface area contributed by atoms with Crippen LogP contribution in [0.1, 0.15) is 86.9 Å². The van der Waals surface area contributed by atoms with Crippen LogP contribution in [0.25, 0.3) is 0 Å². The molecular weight excluding hydrogens is 450 g/mol. The van der Waals surface area contributed by atoms with E-state index in [1.165, 1.54) is 6.42 Å². The number of benzene rings is 1. The summed E-state index contributed by atoms with van der Waals surface area (Å²) in [7, 11) is 3.23. The number of fused-ring (bicyclic) bond motifs is 1. The Labute approximate surface area is 216 Å². The lowest BCUT2D eigenvalue weighted by molar-refractivity contribution is -0.103. The van der Waals surface area contributed by atoms with Crippen LogP contribution in [-0.4, -0.2) is 30.8 Å². The van der Waals surface area contributed by atoms with Crippen molar-refractivity contribution in [2.45, 2.75) is 66.2 Å². The number of ether oxygens (including phenoxy) is 2. The van der Waals surface area contributed by atoms with Gasteiger partial charge in [0.15, 0.2) is 11.6 Å². The zero-order valence-electron chi connectivity index (χ0n) is 22.7. The molecule has 1 aromatic carbocycles. The molecule has 0 spiro atoms. The monoisotopic (exact) mass is 491 g/mol. The minimum atomic E-state index is -0.119. The van der Waals surface area contributed by atoms with Gasteiger partial charge in [0.2, 0.25) is 0 Å². The van der Waals surface area contributed by atoms with E-state index in [4.69, 9.17) is 9.47 Å². The van der Waals surface area contributed by atoms with Gasteiger partial charge in [-0.3, -0.25) is 14.6 Å². The van der Waals surface area contributed by atoms with E-state index < -0.39 is 0 Å². The Morgan fingerprint density at radius 2 is 1.72 bits per heavy atom. The van der Waals surface area contributed by atoms with Gasteiger partial charge in [-0.15, -0.1) is 0 Å². The van der Waals surface area contributed by atoms with Crippen LogP contribution in [0.5, 0.6) is 11.5 Å². The summed E-state index contributed by atoms with van der Waals surface area (Å²) in [5, 5.41) is 0. The van der Waals surface area contributed by atoms with E-state index in [1.54, 1.807) is 26.6 Å². The quantitative estimate of drug-likeness (QED) is 0.370. The Morgan fingerprint density at radius 1 is 1.03 bits per heavy atom. The topological polar surface area (TPSA) is 65.5 Å². The van der Waals surface area contributed by atoms with Crippen molar-refractivity contribution < 1.29 is 19.1 Å². The summed E-state index contributed by atoms with van der Waals surface area (Å²) >= 11 is 0. The number of aromatic nitrogens is 1. The number of hydrogen-bond donors (Lipinski definition) is 0. The van der Waals surface area contributed by atoms with Gasteiger partial charge in [-0.05, 0) is 78.5 Å². The van der Waals surface area contributed by atoms with Gasteiger partial charge >= 0.3 is 0 Å². The first-order valence-electron chi connectivity index (χ1n) is 13.3. The second-order valence-electron chi connectivity index (χ2n) is 11.9. The Balaban J connectivity index is 1.67. The molecular formula is C31H41NO4. The van der Waals surface area contributed by atoms with Crippen molar-refractivity contribution in [3.63, 3.8) is 0 Å². The van der Waals surface area contributed by atoms with Crippen molar-refractivity contribution in [1.29, 1.82) is 0 Å². The molecule has 4 rings (SSSR count). The molecule has 2 aliphatic carbocycles. The Hall–Kier alpha value is -2.69. The second kappa shape index (κ2) is 10.4. The van der Waals surface area contributed by atoms with Crippen LogP contribution in [0.2, 0.25) is 0 Å². The number of pyridine rings is 1. The predicted octanol–water partition coefficient (Wildman–Crippen LogP) is 7.05. The highest BCUT2D eigenvalue weighted by molar-refractivity contribution is 5.99. The maximum absolute atomic E-state index is 14.3. The Bertz CT molecular complexity index is 1070. The number of nitrogens with zero attached hydrogens (tertiary/aromatic N) is 1. The molecule has 0 bridgehead atoms. The normalized spacial score (nSPS) is 29.2. The Kier molecular flexibility index (Phi) is 7.59. The van der Waals surface area contributed by atoms with Gasteiger partial charge < -0.3 is 9.47 Å². The smallest absolute Gasteiger partial charge is 0.167 e. The number of methoxy groups -OCH3 is 2. The minimum absolute atomic E-state index is 0.0849. The molecule has 2 aromatic rings. The third kappa shape index (κ3) is 4.94. The Morgan fingerprint density at radius 3 is 2.33 bits per heavy atom. The first-order valence-corrected chi connectivity index (χ1v) is 13.3. The van der Waals surface area contributed by atoms with E-state index in [-0.39, 0.29) is 34.2 Å². The van der Waals surface area contributed by atoms with E-state index in [0.717, 1.165) is 25.7 Å². The average Bonchev–Trinajstić information content (AvgIpc) is 2.87. The van der Waals surface area contributed by atoms with E-state index in [0.29, 0.717) is 40.9 Å². The highest BCUT2D eigenvalue weighted by atomic mass is 16.5. The number of hydrogen-bond acceptors (Lipinski definition) is 5. The highest BCUT2D eigenvalue weighted by Crippen LogP contribution is 2.63. The van der Waals surface area contributed by atoms with Crippen molar-refractivity contribution in [2.75, 3.05) is 14.2 Å². The molecule has 1 aromatic heterocycles. The van der Waals surface area contributed by atoms with E-state index in [9.17, 15) is 9.59 Å². The molecule has 0 saturated heterocycles. The van der Waals surface area contributed by atoms with Crippen LogP contribution in [0.3, 0.4) is 0 Å². The summed E-state index contributed by atoms with van der Waals surface area (Å²) in [5.74, 6) is 2.35. The fourth-order valence-corrected chi connectivity index (χ4v) is 7.55. The van der Waals surface area contributed by atoms with Gasteiger partial charge in [0.05, 0.1) is 14.2 Å². The van der Waals surface area contributed by atoms with Gasteiger partial charge in [-0.2, -0.15) is 0 Å². The second-order valence-corrected chi connectivity index (χ2v) is 11.9. The molecule has 2 fully saturated rings. The number of Topliss-reactive ketones (excluding diaryl/α,β-unsaturated/α-hetero) is 2. The summed E-state index contributed by atoms with van der Waals surface area (Å²) in [5.41, 5.74) is 1.39. The third-order valence-electron chi connectivity index (χ3n) is 9.44. The van der Waals surface area contributed by atoms with Gasteiger partial charge in [-0.1, -0.05) is 34.1 Å².